The minimum atomic E-state index is -0.939. The second-order valence-electron chi connectivity index (χ2n) is 5.87. The fraction of sp³-hybridized carbons (Fsp3) is 0.533. The zero-order valence-corrected chi connectivity index (χ0v) is 11.3. The summed E-state index contributed by atoms with van der Waals surface area (Å²) in [6.45, 7) is 3.89. The summed E-state index contributed by atoms with van der Waals surface area (Å²) < 4.78 is 19.0. The summed E-state index contributed by atoms with van der Waals surface area (Å²) in [5.41, 5.74) is -0.320. The molecular weight excluding hydrogens is 247 g/mol. The minimum Gasteiger partial charge on any atom is -0.493 e. The van der Waals surface area contributed by atoms with Gasteiger partial charge in [-0.25, -0.2) is 4.39 Å². The third-order valence-electron chi connectivity index (χ3n) is 3.41. The molecule has 19 heavy (non-hydrogen) atoms. The van der Waals surface area contributed by atoms with Crippen LogP contribution in [0.5, 0.6) is 5.75 Å². The Balaban J connectivity index is 2.15. The molecule has 0 saturated heterocycles. The van der Waals surface area contributed by atoms with Gasteiger partial charge in [-0.1, -0.05) is 0 Å². The Morgan fingerprint density at radius 2 is 2.16 bits per heavy atom. The van der Waals surface area contributed by atoms with Gasteiger partial charge in [0.25, 0.3) is 0 Å². The molecule has 0 aliphatic heterocycles. The van der Waals surface area contributed by atoms with Crippen LogP contribution in [-0.2, 0) is 11.2 Å². The number of rotatable bonds is 6. The molecule has 1 fully saturated rings. The minimum absolute atomic E-state index is 0.250. The van der Waals surface area contributed by atoms with Crippen LogP contribution in [0.1, 0.15) is 32.3 Å². The van der Waals surface area contributed by atoms with E-state index in [9.17, 15) is 9.18 Å². The van der Waals surface area contributed by atoms with Gasteiger partial charge < -0.3 is 9.84 Å². The number of halogens is 1. The van der Waals surface area contributed by atoms with Crippen molar-refractivity contribution in [2.75, 3.05) is 6.61 Å². The SMILES string of the molecule is CC(C)(Cc1cc(F)ccc1OCC1CC1)C(=O)O. The standard InChI is InChI=1S/C15H19FO3/c1-15(2,14(17)18)8-11-7-12(16)5-6-13(11)19-9-10-3-4-10/h5-7,10H,3-4,8-9H2,1-2H3,(H,17,18). The van der Waals surface area contributed by atoms with Gasteiger partial charge in [-0.3, -0.25) is 4.79 Å². The van der Waals surface area contributed by atoms with Gasteiger partial charge in [-0.05, 0) is 62.8 Å². The number of benzene rings is 1. The van der Waals surface area contributed by atoms with Crippen molar-refractivity contribution in [1.29, 1.82) is 0 Å². The molecule has 4 heteroatoms. The summed E-state index contributed by atoms with van der Waals surface area (Å²) in [7, 11) is 0. The maximum absolute atomic E-state index is 13.3. The van der Waals surface area contributed by atoms with Gasteiger partial charge in [-0.15, -0.1) is 0 Å². The van der Waals surface area contributed by atoms with Crippen molar-refractivity contribution in [1.82, 2.24) is 0 Å². The molecule has 1 aromatic carbocycles. The van der Waals surface area contributed by atoms with Crippen LogP contribution in [0.3, 0.4) is 0 Å². The van der Waals surface area contributed by atoms with E-state index in [1.807, 2.05) is 0 Å². The molecule has 1 saturated carbocycles. The van der Waals surface area contributed by atoms with Crippen molar-refractivity contribution in [3.8, 4) is 5.75 Å². The van der Waals surface area contributed by atoms with Gasteiger partial charge in [0.2, 0.25) is 0 Å². The number of hydrogen-bond donors (Lipinski definition) is 1. The summed E-state index contributed by atoms with van der Waals surface area (Å²) in [6.07, 6.45) is 2.61. The lowest BCUT2D eigenvalue weighted by atomic mass is 9.85. The van der Waals surface area contributed by atoms with E-state index in [1.165, 1.54) is 25.0 Å². The topological polar surface area (TPSA) is 46.5 Å². The van der Waals surface area contributed by atoms with E-state index in [2.05, 4.69) is 0 Å². The van der Waals surface area contributed by atoms with Gasteiger partial charge in [0.05, 0.1) is 12.0 Å². The van der Waals surface area contributed by atoms with E-state index >= 15 is 0 Å². The van der Waals surface area contributed by atoms with Crippen LogP contribution in [-0.4, -0.2) is 17.7 Å². The summed E-state index contributed by atoms with van der Waals surface area (Å²) in [6, 6.07) is 4.30. The van der Waals surface area contributed by atoms with Gasteiger partial charge in [-0.2, -0.15) is 0 Å². The molecule has 2 rings (SSSR count). The number of ether oxygens (including phenoxy) is 1. The number of carboxylic acid groups (broad SMARTS) is 1. The Morgan fingerprint density at radius 1 is 1.47 bits per heavy atom. The summed E-state index contributed by atoms with van der Waals surface area (Å²) in [5.74, 6) is -0.0622. The highest BCUT2D eigenvalue weighted by Gasteiger charge is 2.29. The fourth-order valence-electron chi connectivity index (χ4n) is 1.87. The summed E-state index contributed by atoms with van der Waals surface area (Å²) in [4.78, 5) is 11.2. The first-order valence-electron chi connectivity index (χ1n) is 6.53. The average Bonchev–Trinajstić information content (AvgIpc) is 3.11. The van der Waals surface area contributed by atoms with Gasteiger partial charge in [0.1, 0.15) is 11.6 Å². The Morgan fingerprint density at radius 3 is 2.74 bits per heavy atom. The lowest BCUT2D eigenvalue weighted by Crippen LogP contribution is -2.26. The van der Waals surface area contributed by atoms with Crippen LogP contribution in [0.2, 0.25) is 0 Å². The number of carbonyl (C=O) groups is 1. The molecule has 104 valence electrons. The summed E-state index contributed by atoms with van der Waals surface area (Å²) >= 11 is 0. The third kappa shape index (κ3) is 3.69. The number of aliphatic carboxylic acids is 1. The summed E-state index contributed by atoms with van der Waals surface area (Å²) in [5, 5.41) is 9.16. The smallest absolute Gasteiger partial charge is 0.309 e. The van der Waals surface area contributed by atoms with Crippen LogP contribution < -0.4 is 4.74 Å². The molecule has 1 aromatic rings. The number of carboxylic acids is 1. The molecule has 0 spiro atoms. The predicted octanol–water partition coefficient (Wildman–Crippen LogP) is 3.27. The van der Waals surface area contributed by atoms with Gasteiger partial charge in [0, 0.05) is 0 Å². The lowest BCUT2D eigenvalue weighted by Gasteiger charge is -2.21. The van der Waals surface area contributed by atoms with E-state index in [-0.39, 0.29) is 12.2 Å². The quantitative estimate of drug-likeness (QED) is 0.859. The Labute approximate surface area is 112 Å². The van der Waals surface area contributed by atoms with E-state index in [0.717, 1.165) is 0 Å². The molecule has 0 aromatic heterocycles. The first kappa shape index (κ1) is 13.8. The Kier molecular flexibility index (Phi) is 3.78. The van der Waals surface area contributed by atoms with Crippen LogP contribution >= 0.6 is 0 Å². The third-order valence-corrected chi connectivity index (χ3v) is 3.41. The second-order valence-corrected chi connectivity index (χ2v) is 5.87. The van der Waals surface area contributed by atoms with Gasteiger partial charge >= 0.3 is 5.97 Å². The van der Waals surface area contributed by atoms with Crippen molar-refractivity contribution in [2.45, 2.75) is 33.1 Å². The van der Waals surface area contributed by atoms with E-state index in [1.54, 1.807) is 19.9 Å². The lowest BCUT2D eigenvalue weighted by molar-refractivity contribution is -0.146. The maximum atomic E-state index is 13.3. The molecule has 0 atom stereocenters. The van der Waals surface area contributed by atoms with Crippen molar-refractivity contribution in [3.05, 3.63) is 29.6 Å². The molecule has 1 aliphatic carbocycles. The van der Waals surface area contributed by atoms with Crippen LogP contribution in [0.4, 0.5) is 4.39 Å². The van der Waals surface area contributed by atoms with Gasteiger partial charge in [0.15, 0.2) is 0 Å². The predicted molar refractivity (Wildman–Crippen MR) is 69.7 cm³/mol. The molecule has 0 heterocycles. The van der Waals surface area contributed by atoms with Crippen molar-refractivity contribution >= 4 is 5.97 Å². The van der Waals surface area contributed by atoms with E-state index in [4.69, 9.17) is 9.84 Å². The van der Waals surface area contributed by atoms with Crippen LogP contribution in [0.15, 0.2) is 18.2 Å². The Bertz CT molecular complexity index is 478. The first-order valence-corrected chi connectivity index (χ1v) is 6.53. The molecule has 3 nitrogen and oxygen atoms in total. The molecule has 0 bridgehead atoms. The highest BCUT2D eigenvalue weighted by molar-refractivity contribution is 5.74. The monoisotopic (exact) mass is 266 g/mol. The molecule has 1 aliphatic rings. The molecule has 0 radical (unpaired) electrons. The molecular formula is C15H19FO3. The zero-order chi connectivity index (χ0) is 14.0. The van der Waals surface area contributed by atoms with Crippen molar-refractivity contribution < 1.29 is 19.0 Å². The van der Waals surface area contributed by atoms with E-state index in [0.29, 0.717) is 23.8 Å². The Hall–Kier alpha value is -1.58. The van der Waals surface area contributed by atoms with Crippen LogP contribution in [0.25, 0.3) is 0 Å². The molecule has 1 N–H and O–H groups in total. The zero-order valence-electron chi connectivity index (χ0n) is 11.3. The second kappa shape index (κ2) is 5.19. The van der Waals surface area contributed by atoms with E-state index < -0.39 is 11.4 Å². The number of hydrogen-bond acceptors (Lipinski definition) is 2. The highest BCUT2D eigenvalue weighted by Crippen LogP contribution is 2.32. The molecule has 0 amide bonds. The van der Waals surface area contributed by atoms with Crippen molar-refractivity contribution in [2.24, 2.45) is 11.3 Å². The highest BCUT2D eigenvalue weighted by atomic mass is 19.1. The largest absolute Gasteiger partial charge is 0.493 e. The normalized spacial score (nSPS) is 15.3. The fourth-order valence-corrected chi connectivity index (χ4v) is 1.87. The van der Waals surface area contributed by atoms with Crippen LogP contribution in [0, 0.1) is 17.2 Å². The first-order chi connectivity index (χ1) is 8.88. The molecule has 0 unspecified atom stereocenters. The maximum Gasteiger partial charge on any atom is 0.309 e. The van der Waals surface area contributed by atoms with Crippen molar-refractivity contribution in [3.63, 3.8) is 0 Å². The average molecular weight is 266 g/mol.